The van der Waals surface area contributed by atoms with Crippen molar-refractivity contribution in [3.8, 4) is 11.5 Å². The van der Waals surface area contributed by atoms with Gasteiger partial charge in [-0.3, -0.25) is 4.79 Å². The van der Waals surface area contributed by atoms with E-state index >= 15 is 0 Å². The highest BCUT2D eigenvalue weighted by Gasteiger charge is 2.13. The zero-order valence-electron chi connectivity index (χ0n) is 15.4. The number of hydrogen-bond donors (Lipinski definition) is 1. The van der Waals surface area contributed by atoms with Crippen LogP contribution < -0.4 is 19.8 Å². The molecule has 2 aromatic carbocycles. The normalized spacial score (nSPS) is 13.8. The summed E-state index contributed by atoms with van der Waals surface area (Å²) in [5, 5.41) is 4.04. The highest BCUT2D eigenvalue weighted by Crippen LogP contribution is 2.35. The molecule has 142 valence electrons. The second-order valence-corrected chi connectivity index (χ2v) is 7.03. The molecule has 0 aliphatic carbocycles. The average Bonchev–Trinajstić information content (AvgIpc) is 3.22. The summed E-state index contributed by atoms with van der Waals surface area (Å²) in [4.78, 5) is 14.6. The van der Waals surface area contributed by atoms with Gasteiger partial charge in [-0.25, -0.2) is 5.43 Å². The number of methoxy groups -OCH3 is 2. The van der Waals surface area contributed by atoms with Crippen molar-refractivity contribution in [1.29, 1.82) is 0 Å². The zero-order chi connectivity index (χ0) is 19.2. The fourth-order valence-electron chi connectivity index (χ4n) is 3.04. The maximum Gasteiger partial charge on any atom is 0.271 e. The molecular weight excluding hydrogens is 410 g/mol. The van der Waals surface area contributed by atoms with Crippen molar-refractivity contribution >= 4 is 33.7 Å². The Bertz CT molecular complexity index is 831. The molecule has 0 atom stereocenters. The van der Waals surface area contributed by atoms with E-state index in [4.69, 9.17) is 9.47 Å². The highest BCUT2D eigenvalue weighted by atomic mass is 79.9. The van der Waals surface area contributed by atoms with Crippen molar-refractivity contribution in [2.45, 2.75) is 12.8 Å². The minimum absolute atomic E-state index is 0.251. The molecule has 27 heavy (non-hydrogen) atoms. The Morgan fingerprint density at radius 3 is 2.48 bits per heavy atom. The smallest absolute Gasteiger partial charge is 0.271 e. The number of hydrogen-bond acceptors (Lipinski definition) is 5. The molecule has 2 aromatic rings. The first-order valence-corrected chi connectivity index (χ1v) is 9.51. The number of rotatable bonds is 6. The molecule has 0 saturated carbocycles. The molecule has 1 N–H and O–H groups in total. The van der Waals surface area contributed by atoms with Crippen LogP contribution in [0.2, 0.25) is 0 Å². The number of anilines is 1. The third-order valence-electron chi connectivity index (χ3n) is 4.44. The SMILES string of the molecule is COc1cc(/C=N/NC(=O)c2ccc(N3CCCC3)cc2)cc(Br)c1OC. The third-order valence-corrected chi connectivity index (χ3v) is 5.03. The van der Waals surface area contributed by atoms with E-state index in [1.165, 1.54) is 12.8 Å². The van der Waals surface area contributed by atoms with Crippen LogP contribution in [0.1, 0.15) is 28.8 Å². The van der Waals surface area contributed by atoms with E-state index in [1.54, 1.807) is 26.5 Å². The van der Waals surface area contributed by atoms with E-state index in [1.807, 2.05) is 30.3 Å². The van der Waals surface area contributed by atoms with Gasteiger partial charge in [0.05, 0.1) is 24.9 Å². The number of hydrazone groups is 1. The molecule has 0 unspecified atom stereocenters. The first-order valence-electron chi connectivity index (χ1n) is 8.72. The Labute approximate surface area is 167 Å². The van der Waals surface area contributed by atoms with Crippen LogP contribution in [0.5, 0.6) is 11.5 Å². The van der Waals surface area contributed by atoms with Gasteiger partial charge in [-0.15, -0.1) is 0 Å². The van der Waals surface area contributed by atoms with Crippen molar-refractivity contribution in [2.75, 3.05) is 32.2 Å². The van der Waals surface area contributed by atoms with Gasteiger partial charge in [-0.2, -0.15) is 5.10 Å². The van der Waals surface area contributed by atoms with Crippen LogP contribution in [0.15, 0.2) is 46.0 Å². The Kier molecular flexibility index (Phi) is 6.34. The third kappa shape index (κ3) is 4.60. The van der Waals surface area contributed by atoms with Crippen molar-refractivity contribution in [1.82, 2.24) is 5.43 Å². The van der Waals surface area contributed by atoms with E-state index in [2.05, 4.69) is 31.4 Å². The molecule has 0 spiro atoms. The summed E-state index contributed by atoms with van der Waals surface area (Å²) >= 11 is 3.43. The lowest BCUT2D eigenvalue weighted by molar-refractivity contribution is 0.0955. The summed E-state index contributed by atoms with van der Waals surface area (Å²) in [6, 6.07) is 11.2. The maximum absolute atomic E-state index is 12.3. The van der Waals surface area contributed by atoms with E-state index in [9.17, 15) is 4.79 Å². The van der Waals surface area contributed by atoms with Crippen molar-refractivity contribution < 1.29 is 14.3 Å². The number of ether oxygens (including phenoxy) is 2. The van der Waals surface area contributed by atoms with Crippen LogP contribution in [-0.4, -0.2) is 39.4 Å². The molecule has 0 aromatic heterocycles. The predicted molar refractivity (Wildman–Crippen MR) is 110 cm³/mol. The Morgan fingerprint density at radius 1 is 1.15 bits per heavy atom. The Balaban J connectivity index is 1.64. The lowest BCUT2D eigenvalue weighted by Gasteiger charge is -2.17. The fraction of sp³-hybridized carbons (Fsp3) is 0.300. The average molecular weight is 432 g/mol. The molecule has 0 bridgehead atoms. The molecule has 1 amide bonds. The number of nitrogens with one attached hydrogen (secondary N) is 1. The van der Waals surface area contributed by atoms with Crippen LogP contribution in [0, 0.1) is 0 Å². The second kappa shape index (κ2) is 8.90. The van der Waals surface area contributed by atoms with Crippen molar-refractivity contribution in [3.05, 3.63) is 52.0 Å². The topological polar surface area (TPSA) is 63.2 Å². The van der Waals surface area contributed by atoms with Crippen LogP contribution >= 0.6 is 15.9 Å². The maximum atomic E-state index is 12.3. The zero-order valence-corrected chi connectivity index (χ0v) is 17.0. The molecule has 1 fully saturated rings. The lowest BCUT2D eigenvalue weighted by Crippen LogP contribution is -2.19. The molecule has 1 aliphatic heterocycles. The number of amides is 1. The Morgan fingerprint density at radius 2 is 1.85 bits per heavy atom. The van der Waals surface area contributed by atoms with Crippen LogP contribution in [0.3, 0.4) is 0 Å². The summed E-state index contributed by atoms with van der Waals surface area (Å²) in [5.41, 5.74) is 5.05. The summed E-state index contributed by atoms with van der Waals surface area (Å²) < 4.78 is 11.3. The number of benzene rings is 2. The van der Waals surface area contributed by atoms with Crippen LogP contribution in [-0.2, 0) is 0 Å². The largest absolute Gasteiger partial charge is 0.493 e. The standard InChI is InChI=1S/C20H22BrN3O3/c1-26-18-12-14(11-17(21)19(18)27-2)13-22-23-20(25)15-5-7-16(8-6-15)24-9-3-4-10-24/h5-8,11-13H,3-4,9-10H2,1-2H3,(H,23,25)/b22-13+. The van der Waals surface area contributed by atoms with E-state index in [-0.39, 0.29) is 5.91 Å². The molecule has 0 radical (unpaired) electrons. The van der Waals surface area contributed by atoms with Gasteiger partial charge in [0.2, 0.25) is 0 Å². The first kappa shape index (κ1) is 19.2. The van der Waals surface area contributed by atoms with Crippen molar-refractivity contribution in [3.63, 3.8) is 0 Å². The summed E-state index contributed by atoms with van der Waals surface area (Å²) in [6.45, 7) is 2.16. The van der Waals surface area contributed by atoms with Gasteiger partial charge in [0.25, 0.3) is 5.91 Å². The van der Waals surface area contributed by atoms with Crippen LogP contribution in [0.25, 0.3) is 0 Å². The van der Waals surface area contributed by atoms with Gasteiger partial charge in [0.15, 0.2) is 11.5 Å². The molecule has 6 nitrogen and oxygen atoms in total. The van der Waals surface area contributed by atoms with Crippen LogP contribution in [0.4, 0.5) is 5.69 Å². The molecule has 7 heteroatoms. The van der Waals surface area contributed by atoms with Gasteiger partial charge in [-0.1, -0.05) is 0 Å². The van der Waals surface area contributed by atoms with Gasteiger partial charge in [-0.05, 0) is 70.7 Å². The lowest BCUT2D eigenvalue weighted by atomic mass is 10.2. The van der Waals surface area contributed by atoms with Gasteiger partial charge in [0.1, 0.15) is 0 Å². The van der Waals surface area contributed by atoms with Gasteiger partial charge in [0, 0.05) is 24.3 Å². The minimum atomic E-state index is -0.251. The quantitative estimate of drug-likeness (QED) is 0.557. The number of halogens is 1. The second-order valence-electron chi connectivity index (χ2n) is 6.18. The van der Waals surface area contributed by atoms with E-state index in [0.29, 0.717) is 17.1 Å². The number of carbonyl (C=O) groups is 1. The molecule has 3 rings (SSSR count). The first-order chi connectivity index (χ1) is 13.1. The highest BCUT2D eigenvalue weighted by molar-refractivity contribution is 9.10. The summed E-state index contributed by atoms with van der Waals surface area (Å²) in [7, 11) is 3.14. The molecule has 1 heterocycles. The summed E-state index contributed by atoms with van der Waals surface area (Å²) in [5.74, 6) is 0.938. The van der Waals surface area contributed by atoms with E-state index in [0.717, 1.165) is 28.8 Å². The minimum Gasteiger partial charge on any atom is -0.493 e. The predicted octanol–water partition coefficient (Wildman–Crippen LogP) is 3.83. The number of nitrogens with zero attached hydrogens (tertiary/aromatic N) is 2. The fourth-order valence-corrected chi connectivity index (χ4v) is 3.66. The monoisotopic (exact) mass is 431 g/mol. The van der Waals surface area contributed by atoms with Gasteiger partial charge >= 0.3 is 0 Å². The Hall–Kier alpha value is -2.54. The summed E-state index contributed by atoms with van der Waals surface area (Å²) in [6.07, 6.45) is 4.01. The molecule has 1 aliphatic rings. The molecule has 1 saturated heterocycles. The van der Waals surface area contributed by atoms with Gasteiger partial charge < -0.3 is 14.4 Å². The van der Waals surface area contributed by atoms with Crippen molar-refractivity contribution in [2.24, 2.45) is 5.10 Å². The van der Waals surface area contributed by atoms with E-state index < -0.39 is 0 Å². The number of carbonyl (C=O) groups excluding carboxylic acids is 1. The molecular formula is C20H22BrN3O3.